The van der Waals surface area contributed by atoms with Gasteiger partial charge in [-0.25, -0.2) is 0 Å². The van der Waals surface area contributed by atoms with Crippen LogP contribution in [0.3, 0.4) is 0 Å². The second-order valence-electron chi connectivity index (χ2n) is 3.78. The van der Waals surface area contributed by atoms with Gasteiger partial charge in [0.2, 0.25) is 0 Å². The van der Waals surface area contributed by atoms with Crippen LogP contribution in [-0.2, 0) is 6.54 Å². The summed E-state index contributed by atoms with van der Waals surface area (Å²) in [5.74, 6) is 0.885. The molecule has 0 unspecified atom stereocenters. The summed E-state index contributed by atoms with van der Waals surface area (Å²) in [7, 11) is 1.66. The summed E-state index contributed by atoms with van der Waals surface area (Å²) < 4.78 is 5.28. The third-order valence-corrected chi connectivity index (χ3v) is 3.00. The first-order chi connectivity index (χ1) is 7.47. The SMILES string of the molecule is COc1cc(C)c(CNC(=O)S)c(C)c1C. The Kier molecular flexibility index (Phi) is 4.24. The number of hydrogen-bond acceptors (Lipinski definition) is 2. The highest BCUT2D eigenvalue weighted by atomic mass is 32.1. The molecule has 0 saturated heterocycles. The molecule has 0 bridgehead atoms. The van der Waals surface area contributed by atoms with E-state index in [-0.39, 0.29) is 5.24 Å². The van der Waals surface area contributed by atoms with Gasteiger partial charge in [0.25, 0.3) is 5.24 Å². The van der Waals surface area contributed by atoms with E-state index in [2.05, 4.69) is 17.9 Å². The molecule has 0 spiro atoms. The zero-order valence-corrected chi connectivity index (χ0v) is 10.9. The Morgan fingerprint density at radius 1 is 1.38 bits per heavy atom. The van der Waals surface area contributed by atoms with Gasteiger partial charge in [0.1, 0.15) is 5.75 Å². The van der Waals surface area contributed by atoms with Crippen molar-refractivity contribution in [3.63, 3.8) is 0 Å². The van der Waals surface area contributed by atoms with Crippen LogP contribution in [0.4, 0.5) is 4.79 Å². The highest BCUT2D eigenvalue weighted by molar-refractivity contribution is 7.96. The van der Waals surface area contributed by atoms with E-state index < -0.39 is 0 Å². The molecule has 0 aromatic heterocycles. The van der Waals surface area contributed by atoms with E-state index >= 15 is 0 Å². The lowest BCUT2D eigenvalue weighted by atomic mass is 9.97. The summed E-state index contributed by atoms with van der Waals surface area (Å²) >= 11 is 3.69. The van der Waals surface area contributed by atoms with Crippen LogP contribution >= 0.6 is 12.6 Å². The van der Waals surface area contributed by atoms with E-state index in [1.165, 1.54) is 0 Å². The van der Waals surface area contributed by atoms with Crippen molar-refractivity contribution in [1.29, 1.82) is 0 Å². The van der Waals surface area contributed by atoms with Crippen molar-refractivity contribution < 1.29 is 9.53 Å². The number of carbonyl (C=O) groups excluding carboxylic acids is 1. The second kappa shape index (κ2) is 5.25. The van der Waals surface area contributed by atoms with Crippen molar-refractivity contribution in [2.45, 2.75) is 27.3 Å². The standard InChI is InChI=1S/C12H17NO2S/c1-7-5-11(15-4)9(3)8(2)10(7)6-13-12(14)16/h5H,6H2,1-4H3,(H2,13,14,16). The molecule has 0 fully saturated rings. The highest BCUT2D eigenvalue weighted by Gasteiger charge is 2.10. The molecule has 0 aliphatic heterocycles. The van der Waals surface area contributed by atoms with Crippen LogP contribution in [0.15, 0.2) is 6.07 Å². The summed E-state index contributed by atoms with van der Waals surface area (Å²) in [5, 5.41) is 2.38. The number of nitrogens with one attached hydrogen (secondary N) is 1. The predicted molar refractivity (Wildman–Crippen MR) is 68.4 cm³/mol. The predicted octanol–water partition coefficient (Wildman–Crippen LogP) is 2.76. The van der Waals surface area contributed by atoms with Gasteiger partial charge < -0.3 is 10.1 Å². The van der Waals surface area contributed by atoms with Crippen LogP contribution < -0.4 is 10.1 Å². The molecule has 16 heavy (non-hydrogen) atoms. The van der Waals surface area contributed by atoms with Gasteiger partial charge >= 0.3 is 0 Å². The maximum absolute atomic E-state index is 10.8. The Morgan fingerprint density at radius 3 is 2.50 bits per heavy atom. The van der Waals surface area contributed by atoms with Crippen molar-refractivity contribution in [3.8, 4) is 5.75 Å². The topological polar surface area (TPSA) is 38.3 Å². The lowest BCUT2D eigenvalue weighted by molar-refractivity contribution is 0.260. The molecule has 0 heterocycles. The van der Waals surface area contributed by atoms with Crippen LogP contribution in [0, 0.1) is 20.8 Å². The van der Waals surface area contributed by atoms with Crippen molar-refractivity contribution in [1.82, 2.24) is 5.32 Å². The lowest BCUT2D eigenvalue weighted by Gasteiger charge is -2.15. The van der Waals surface area contributed by atoms with Gasteiger partial charge in [-0.05, 0) is 49.1 Å². The largest absolute Gasteiger partial charge is 0.496 e. The average molecular weight is 239 g/mol. The van der Waals surface area contributed by atoms with E-state index in [0.29, 0.717) is 6.54 Å². The maximum atomic E-state index is 10.8. The van der Waals surface area contributed by atoms with E-state index in [0.717, 1.165) is 28.0 Å². The smallest absolute Gasteiger partial charge is 0.276 e. The Balaban J connectivity index is 3.10. The molecule has 4 heteroatoms. The summed E-state index contributed by atoms with van der Waals surface area (Å²) in [5.41, 5.74) is 4.50. The van der Waals surface area contributed by atoms with Gasteiger partial charge in [-0.1, -0.05) is 12.6 Å². The Morgan fingerprint density at radius 2 is 2.00 bits per heavy atom. The fourth-order valence-electron chi connectivity index (χ4n) is 1.75. The molecule has 0 radical (unpaired) electrons. The molecule has 0 aliphatic carbocycles. The number of amides is 1. The molecule has 1 aromatic rings. The van der Waals surface area contributed by atoms with Crippen LogP contribution in [0.5, 0.6) is 5.75 Å². The molecule has 0 aliphatic rings. The Hall–Kier alpha value is -1.16. The maximum Gasteiger partial charge on any atom is 0.276 e. The quantitative estimate of drug-likeness (QED) is 0.796. The Labute approximate surface area is 102 Å². The van der Waals surface area contributed by atoms with Crippen molar-refractivity contribution >= 4 is 17.9 Å². The zero-order chi connectivity index (χ0) is 12.3. The zero-order valence-electron chi connectivity index (χ0n) is 10.0. The minimum absolute atomic E-state index is 0.313. The van der Waals surface area contributed by atoms with Gasteiger partial charge in [-0.2, -0.15) is 0 Å². The average Bonchev–Trinajstić information content (AvgIpc) is 2.22. The van der Waals surface area contributed by atoms with Gasteiger partial charge in [0.15, 0.2) is 0 Å². The molecular formula is C12H17NO2S. The number of benzene rings is 1. The fraction of sp³-hybridized carbons (Fsp3) is 0.417. The number of rotatable bonds is 3. The van der Waals surface area contributed by atoms with Crippen molar-refractivity contribution in [2.75, 3.05) is 7.11 Å². The third kappa shape index (κ3) is 2.70. The third-order valence-electron chi connectivity index (χ3n) is 2.84. The van der Waals surface area contributed by atoms with Gasteiger partial charge in [0.05, 0.1) is 7.11 Å². The molecule has 0 saturated carbocycles. The molecule has 1 N–H and O–H groups in total. The van der Waals surface area contributed by atoms with Gasteiger partial charge in [0, 0.05) is 6.54 Å². The lowest BCUT2D eigenvalue weighted by Crippen LogP contribution is -2.17. The number of aryl methyl sites for hydroxylation is 1. The van der Waals surface area contributed by atoms with E-state index in [1.807, 2.05) is 26.8 Å². The van der Waals surface area contributed by atoms with Gasteiger partial charge in [-0.3, -0.25) is 4.79 Å². The molecular weight excluding hydrogens is 222 g/mol. The number of hydrogen-bond donors (Lipinski definition) is 2. The number of thiol groups is 1. The first-order valence-electron chi connectivity index (χ1n) is 5.07. The molecule has 3 nitrogen and oxygen atoms in total. The molecule has 0 atom stereocenters. The summed E-state index contributed by atoms with van der Waals surface area (Å²) in [6, 6.07) is 1.99. The second-order valence-corrected chi connectivity index (χ2v) is 4.19. The number of ether oxygens (including phenoxy) is 1. The molecule has 1 aromatic carbocycles. The normalized spacial score (nSPS) is 10.1. The number of methoxy groups -OCH3 is 1. The van der Waals surface area contributed by atoms with Crippen molar-refractivity contribution in [2.24, 2.45) is 0 Å². The summed E-state index contributed by atoms with van der Waals surface area (Å²) in [6.45, 7) is 6.56. The van der Waals surface area contributed by atoms with Crippen molar-refractivity contribution in [3.05, 3.63) is 28.3 Å². The fourth-order valence-corrected chi connectivity index (χ4v) is 1.83. The van der Waals surface area contributed by atoms with Crippen LogP contribution in [-0.4, -0.2) is 12.3 Å². The van der Waals surface area contributed by atoms with Crippen LogP contribution in [0.25, 0.3) is 0 Å². The molecule has 1 amide bonds. The van der Waals surface area contributed by atoms with E-state index in [1.54, 1.807) is 7.11 Å². The van der Waals surface area contributed by atoms with E-state index in [9.17, 15) is 4.79 Å². The summed E-state index contributed by atoms with van der Waals surface area (Å²) in [6.07, 6.45) is 0. The van der Waals surface area contributed by atoms with Crippen LogP contribution in [0.1, 0.15) is 22.3 Å². The first kappa shape index (κ1) is 12.9. The highest BCUT2D eigenvalue weighted by Crippen LogP contribution is 2.27. The summed E-state index contributed by atoms with van der Waals surface area (Å²) in [4.78, 5) is 10.8. The molecule has 88 valence electrons. The number of carbonyl (C=O) groups is 1. The van der Waals surface area contributed by atoms with Gasteiger partial charge in [-0.15, -0.1) is 0 Å². The van der Waals surface area contributed by atoms with E-state index in [4.69, 9.17) is 4.74 Å². The molecule has 1 rings (SSSR count). The minimum atomic E-state index is -0.313. The first-order valence-corrected chi connectivity index (χ1v) is 5.52. The van der Waals surface area contributed by atoms with Crippen LogP contribution in [0.2, 0.25) is 0 Å². The monoisotopic (exact) mass is 239 g/mol. The minimum Gasteiger partial charge on any atom is -0.496 e. The Bertz CT molecular complexity index is 416.